The molecule has 0 radical (unpaired) electrons. The largest absolute Gasteiger partial charge is 0.385 e. The van der Waals surface area contributed by atoms with Crippen molar-refractivity contribution in [3.05, 3.63) is 23.2 Å². The summed E-state index contributed by atoms with van der Waals surface area (Å²) in [5.74, 6) is 0.636. The van der Waals surface area contributed by atoms with Gasteiger partial charge in [0.05, 0.1) is 17.0 Å². The first-order valence-corrected chi connectivity index (χ1v) is 9.30. The molecule has 1 unspecified atom stereocenters. The van der Waals surface area contributed by atoms with Gasteiger partial charge in [-0.05, 0) is 50.6 Å². The van der Waals surface area contributed by atoms with Crippen LogP contribution in [0.15, 0.2) is 18.2 Å². The van der Waals surface area contributed by atoms with Gasteiger partial charge in [-0.1, -0.05) is 11.6 Å². The van der Waals surface area contributed by atoms with E-state index >= 15 is 0 Å². The van der Waals surface area contributed by atoms with Crippen LogP contribution >= 0.6 is 11.6 Å². The van der Waals surface area contributed by atoms with Gasteiger partial charge in [0, 0.05) is 18.8 Å². The minimum absolute atomic E-state index is 0.395. The van der Waals surface area contributed by atoms with Crippen LogP contribution in [0.2, 0.25) is 5.02 Å². The van der Waals surface area contributed by atoms with E-state index in [2.05, 4.69) is 22.0 Å². The Morgan fingerprint density at radius 2 is 2.19 bits per heavy atom. The Bertz CT molecular complexity index is 592. The average Bonchev–Trinajstić information content (AvgIpc) is 2.38. The summed E-state index contributed by atoms with van der Waals surface area (Å²) in [7, 11) is -1.16. The van der Waals surface area contributed by atoms with Crippen LogP contribution in [-0.2, 0) is 10.0 Å². The van der Waals surface area contributed by atoms with Crippen molar-refractivity contribution in [1.82, 2.24) is 4.90 Å². The maximum absolute atomic E-state index is 11.2. The summed E-state index contributed by atoms with van der Waals surface area (Å²) in [4.78, 5) is 2.35. The van der Waals surface area contributed by atoms with Crippen molar-refractivity contribution in [1.29, 1.82) is 0 Å². The van der Waals surface area contributed by atoms with Gasteiger partial charge in [-0.15, -0.1) is 0 Å². The molecular weight excluding hydrogens is 310 g/mol. The molecule has 1 atom stereocenters. The minimum Gasteiger partial charge on any atom is -0.385 e. The van der Waals surface area contributed by atoms with E-state index in [1.54, 1.807) is 12.1 Å². The van der Waals surface area contributed by atoms with Crippen molar-refractivity contribution in [2.24, 2.45) is 5.92 Å². The number of halogens is 1. The van der Waals surface area contributed by atoms with Crippen LogP contribution in [-0.4, -0.2) is 46.3 Å². The van der Waals surface area contributed by atoms with E-state index in [4.69, 9.17) is 11.6 Å². The van der Waals surface area contributed by atoms with Crippen molar-refractivity contribution in [3.8, 4) is 0 Å². The second-order valence-corrected chi connectivity index (χ2v) is 7.88. The van der Waals surface area contributed by atoms with Gasteiger partial charge >= 0.3 is 0 Å². The van der Waals surface area contributed by atoms with Crippen LogP contribution in [0.5, 0.6) is 0 Å². The van der Waals surface area contributed by atoms with Gasteiger partial charge in [-0.25, -0.2) is 8.42 Å². The Morgan fingerprint density at radius 3 is 2.81 bits per heavy atom. The molecular formula is C14H22ClN3O2S. The van der Waals surface area contributed by atoms with Crippen LogP contribution in [0.3, 0.4) is 0 Å². The molecule has 0 bridgehead atoms. The molecule has 1 aromatic carbocycles. The lowest BCUT2D eigenvalue weighted by Crippen LogP contribution is -2.35. The van der Waals surface area contributed by atoms with E-state index in [1.807, 2.05) is 6.07 Å². The van der Waals surface area contributed by atoms with Crippen LogP contribution in [0, 0.1) is 5.92 Å². The summed E-state index contributed by atoms with van der Waals surface area (Å²) < 4.78 is 24.8. The summed E-state index contributed by atoms with van der Waals surface area (Å²) in [5, 5.41) is 3.77. The van der Waals surface area contributed by atoms with Gasteiger partial charge in [-0.2, -0.15) is 0 Å². The number of piperidine rings is 1. The average molecular weight is 332 g/mol. The van der Waals surface area contributed by atoms with E-state index in [0.717, 1.165) is 25.0 Å². The summed E-state index contributed by atoms with van der Waals surface area (Å²) in [6.45, 7) is 3.18. The van der Waals surface area contributed by atoms with Crippen LogP contribution < -0.4 is 10.0 Å². The number of likely N-dealkylation sites (tertiary alicyclic amines) is 1. The van der Waals surface area contributed by atoms with Gasteiger partial charge in [0.15, 0.2) is 0 Å². The molecule has 0 aromatic heterocycles. The maximum Gasteiger partial charge on any atom is 0.229 e. The highest BCUT2D eigenvalue weighted by atomic mass is 35.5. The third-order valence-electron chi connectivity index (χ3n) is 3.58. The Hall–Kier alpha value is -0.980. The number of hydrogen-bond acceptors (Lipinski definition) is 4. The fourth-order valence-electron chi connectivity index (χ4n) is 2.61. The molecule has 7 heteroatoms. The highest BCUT2D eigenvalue weighted by Gasteiger charge is 2.16. The smallest absolute Gasteiger partial charge is 0.229 e. The Morgan fingerprint density at radius 1 is 1.43 bits per heavy atom. The summed E-state index contributed by atoms with van der Waals surface area (Å²) >= 11 is 6.10. The Labute approximate surface area is 131 Å². The molecule has 2 N–H and O–H groups in total. The quantitative estimate of drug-likeness (QED) is 0.870. The van der Waals surface area contributed by atoms with Gasteiger partial charge in [0.1, 0.15) is 0 Å². The first kappa shape index (κ1) is 16.4. The van der Waals surface area contributed by atoms with Gasteiger partial charge in [-0.3, -0.25) is 4.72 Å². The SMILES string of the molecule is CN1CCCC(CNc2ccc(NS(C)(=O)=O)c(Cl)c2)C1. The molecule has 1 aromatic rings. The second kappa shape index (κ2) is 6.85. The van der Waals surface area contributed by atoms with Crippen LogP contribution in [0.25, 0.3) is 0 Å². The molecule has 1 aliphatic rings. The normalized spacial score (nSPS) is 20.2. The zero-order chi connectivity index (χ0) is 15.5. The third kappa shape index (κ3) is 5.37. The standard InChI is InChI=1S/C14H22ClN3O2S/c1-18-7-3-4-11(10-18)9-16-12-5-6-14(13(15)8-12)17-21(2,19)20/h5-6,8,11,16-17H,3-4,7,9-10H2,1-2H3. The number of nitrogens with one attached hydrogen (secondary N) is 2. The maximum atomic E-state index is 11.2. The molecule has 118 valence electrons. The number of hydrogen-bond donors (Lipinski definition) is 2. The molecule has 21 heavy (non-hydrogen) atoms. The van der Waals surface area contributed by atoms with Crippen molar-refractivity contribution in [2.75, 3.05) is 43.0 Å². The van der Waals surface area contributed by atoms with Crippen molar-refractivity contribution < 1.29 is 8.42 Å². The number of sulfonamides is 1. The van der Waals surface area contributed by atoms with E-state index in [1.165, 1.54) is 19.4 Å². The molecule has 1 fully saturated rings. The first-order chi connectivity index (χ1) is 9.83. The van der Waals surface area contributed by atoms with E-state index < -0.39 is 10.0 Å². The summed E-state index contributed by atoms with van der Waals surface area (Å²) in [6, 6.07) is 5.27. The molecule has 5 nitrogen and oxygen atoms in total. The highest BCUT2D eigenvalue weighted by Crippen LogP contribution is 2.26. The molecule has 1 heterocycles. The zero-order valence-electron chi connectivity index (χ0n) is 12.4. The lowest BCUT2D eigenvalue weighted by molar-refractivity contribution is 0.217. The number of rotatable bonds is 5. The number of anilines is 2. The van der Waals surface area contributed by atoms with Crippen molar-refractivity contribution >= 4 is 33.0 Å². The van der Waals surface area contributed by atoms with Gasteiger partial charge in [0.2, 0.25) is 10.0 Å². The van der Waals surface area contributed by atoms with Crippen molar-refractivity contribution in [3.63, 3.8) is 0 Å². The lowest BCUT2D eigenvalue weighted by atomic mass is 9.98. The highest BCUT2D eigenvalue weighted by molar-refractivity contribution is 7.92. The minimum atomic E-state index is -3.31. The summed E-state index contributed by atoms with van der Waals surface area (Å²) in [6.07, 6.45) is 3.58. The summed E-state index contributed by atoms with van der Waals surface area (Å²) in [5.41, 5.74) is 1.31. The topological polar surface area (TPSA) is 61.4 Å². The molecule has 0 saturated carbocycles. The molecule has 0 spiro atoms. The molecule has 2 rings (SSSR count). The number of benzene rings is 1. The van der Waals surface area contributed by atoms with Gasteiger partial charge in [0.25, 0.3) is 0 Å². The van der Waals surface area contributed by atoms with Crippen LogP contribution in [0.4, 0.5) is 11.4 Å². The monoisotopic (exact) mass is 331 g/mol. The second-order valence-electron chi connectivity index (χ2n) is 5.72. The predicted molar refractivity (Wildman–Crippen MR) is 88.6 cm³/mol. The van der Waals surface area contributed by atoms with E-state index in [-0.39, 0.29) is 0 Å². The molecule has 0 amide bonds. The Balaban J connectivity index is 1.94. The third-order valence-corrected chi connectivity index (χ3v) is 4.48. The molecule has 0 aliphatic carbocycles. The predicted octanol–water partition coefficient (Wildman–Crippen LogP) is 2.47. The fraction of sp³-hybridized carbons (Fsp3) is 0.571. The molecule has 1 aliphatic heterocycles. The van der Waals surface area contributed by atoms with Gasteiger partial charge < -0.3 is 10.2 Å². The van der Waals surface area contributed by atoms with E-state index in [9.17, 15) is 8.42 Å². The zero-order valence-corrected chi connectivity index (χ0v) is 14.0. The number of nitrogens with zero attached hydrogens (tertiary/aromatic N) is 1. The van der Waals surface area contributed by atoms with E-state index in [0.29, 0.717) is 16.6 Å². The molecule has 1 saturated heterocycles. The lowest BCUT2D eigenvalue weighted by Gasteiger charge is -2.30. The van der Waals surface area contributed by atoms with Crippen molar-refractivity contribution in [2.45, 2.75) is 12.8 Å². The first-order valence-electron chi connectivity index (χ1n) is 7.03. The Kier molecular flexibility index (Phi) is 5.35. The fourth-order valence-corrected chi connectivity index (χ4v) is 3.47. The van der Waals surface area contributed by atoms with Crippen LogP contribution in [0.1, 0.15) is 12.8 Å².